The van der Waals surface area contributed by atoms with E-state index >= 15 is 0 Å². The largest absolute Gasteiger partial charge is 0.378 e. The molecule has 1 aliphatic rings. The monoisotopic (exact) mass is 223 g/mol. The second-order valence-electron chi connectivity index (χ2n) is 5.02. The minimum atomic E-state index is 0.232. The average Bonchev–Trinajstić information content (AvgIpc) is 2.75. The second kappa shape index (κ2) is 4.55. The van der Waals surface area contributed by atoms with Gasteiger partial charge in [0.1, 0.15) is 0 Å². The van der Waals surface area contributed by atoms with Crippen molar-refractivity contribution in [2.24, 2.45) is 5.41 Å². The molecule has 2 unspecified atom stereocenters. The van der Waals surface area contributed by atoms with Gasteiger partial charge < -0.3 is 10.1 Å². The normalized spacial score (nSPS) is 27.7. The van der Waals surface area contributed by atoms with Gasteiger partial charge in [-0.3, -0.25) is 5.10 Å². The van der Waals surface area contributed by atoms with Crippen LogP contribution < -0.4 is 5.32 Å². The Kier molecular flexibility index (Phi) is 3.30. The van der Waals surface area contributed by atoms with Crippen molar-refractivity contribution in [3.8, 4) is 0 Å². The Hall–Kier alpha value is -0.870. The van der Waals surface area contributed by atoms with E-state index in [4.69, 9.17) is 4.74 Å². The summed E-state index contributed by atoms with van der Waals surface area (Å²) in [5, 5.41) is 10.4. The van der Waals surface area contributed by atoms with Gasteiger partial charge in [-0.15, -0.1) is 0 Å². The molecule has 0 aromatic carbocycles. The summed E-state index contributed by atoms with van der Waals surface area (Å²) in [6, 6.07) is 2.53. The van der Waals surface area contributed by atoms with Gasteiger partial charge in [-0.25, -0.2) is 0 Å². The molecular weight excluding hydrogens is 202 g/mol. The Morgan fingerprint density at radius 3 is 3.00 bits per heavy atom. The van der Waals surface area contributed by atoms with Crippen LogP contribution in [0.3, 0.4) is 0 Å². The first kappa shape index (κ1) is 11.6. The fourth-order valence-electron chi connectivity index (χ4n) is 2.33. The number of hydrogen-bond donors (Lipinski definition) is 2. The highest BCUT2D eigenvalue weighted by atomic mass is 16.5. The molecule has 90 valence electrons. The topological polar surface area (TPSA) is 49.9 Å². The summed E-state index contributed by atoms with van der Waals surface area (Å²) < 4.78 is 5.70. The highest BCUT2D eigenvalue weighted by molar-refractivity contribution is 5.05. The predicted octanol–water partition coefficient (Wildman–Crippen LogP) is 1.70. The van der Waals surface area contributed by atoms with E-state index in [0.29, 0.717) is 12.1 Å². The minimum absolute atomic E-state index is 0.232. The van der Waals surface area contributed by atoms with Gasteiger partial charge in [-0.2, -0.15) is 5.10 Å². The molecule has 0 saturated heterocycles. The fourth-order valence-corrected chi connectivity index (χ4v) is 2.33. The quantitative estimate of drug-likeness (QED) is 0.799. The predicted molar refractivity (Wildman–Crippen MR) is 63.0 cm³/mol. The van der Waals surface area contributed by atoms with Crippen molar-refractivity contribution in [1.82, 2.24) is 15.5 Å². The molecule has 1 aromatic heterocycles. The van der Waals surface area contributed by atoms with Gasteiger partial charge in [-0.1, -0.05) is 13.8 Å². The van der Waals surface area contributed by atoms with Crippen LogP contribution in [0, 0.1) is 5.41 Å². The highest BCUT2D eigenvalue weighted by Crippen LogP contribution is 2.42. The molecule has 1 aromatic rings. The molecule has 2 N–H and O–H groups in total. The zero-order valence-corrected chi connectivity index (χ0v) is 10.3. The van der Waals surface area contributed by atoms with E-state index in [2.05, 4.69) is 36.3 Å². The molecule has 4 nitrogen and oxygen atoms in total. The van der Waals surface area contributed by atoms with Crippen LogP contribution in [-0.2, 0) is 11.3 Å². The van der Waals surface area contributed by atoms with Gasteiger partial charge in [0.25, 0.3) is 0 Å². The maximum absolute atomic E-state index is 5.70. The molecule has 1 saturated carbocycles. The standard InChI is InChI=1S/C12H21N3O/c1-4-16-11-7-10(12(11,2)3)13-8-9-5-6-14-15-9/h5-6,10-11,13H,4,7-8H2,1-3H3,(H,14,15). The van der Waals surface area contributed by atoms with Crippen molar-refractivity contribution < 1.29 is 4.74 Å². The summed E-state index contributed by atoms with van der Waals surface area (Å²) in [6.07, 6.45) is 3.29. The molecule has 16 heavy (non-hydrogen) atoms. The van der Waals surface area contributed by atoms with E-state index in [1.807, 2.05) is 6.07 Å². The lowest BCUT2D eigenvalue weighted by molar-refractivity contribution is -0.114. The molecule has 0 spiro atoms. The molecule has 0 amide bonds. The third-order valence-corrected chi connectivity index (χ3v) is 3.64. The van der Waals surface area contributed by atoms with E-state index in [-0.39, 0.29) is 5.41 Å². The maximum atomic E-state index is 5.70. The lowest BCUT2D eigenvalue weighted by atomic mass is 9.64. The number of aromatic amines is 1. The van der Waals surface area contributed by atoms with E-state index in [1.165, 1.54) is 0 Å². The van der Waals surface area contributed by atoms with E-state index in [0.717, 1.165) is 25.3 Å². The third-order valence-electron chi connectivity index (χ3n) is 3.64. The molecule has 0 bridgehead atoms. The van der Waals surface area contributed by atoms with Gasteiger partial charge in [0.2, 0.25) is 0 Å². The smallest absolute Gasteiger partial charge is 0.0655 e. The minimum Gasteiger partial charge on any atom is -0.378 e. The van der Waals surface area contributed by atoms with E-state index in [1.54, 1.807) is 6.20 Å². The third kappa shape index (κ3) is 2.13. The van der Waals surface area contributed by atoms with Crippen LogP contribution in [0.1, 0.15) is 32.9 Å². The second-order valence-corrected chi connectivity index (χ2v) is 5.02. The molecule has 2 rings (SSSR count). The number of aromatic nitrogens is 2. The van der Waals surface area contributed by atoms with Crippen molar-refractivity contribution in [2.45, 2.75) is 45.9 Å². The van der Waals surface area contributed by atoms with Crippen LogP contribution in [-0.4, -0.2) is 29.0 Å². The van der Waals surface area contributed by atoms with Gasteiger partial charge in [0.15, 0.2) is 0 Å². The van der Waals surface area contributed by atoms with Crippen LogP contribution in [0.2, 0.25) is 0 Å². The number of nitrogens with one attached hydrogen (secondary N) is 2. The Balaban J connectivity index is 1.80. The number of hydrogen-bond acceptors (Lipinski definition) is 3. The van der Waals surface area contributed by atoms with Crippen LogP contribution >= 0.6 is 0 Å². The van der Waals surface area contributed by atoms with Crippen molar-refractivity contribution >= 4 is 0 Å². The number of ether oxygens (including phenoxy) is 1. The van der Waals surface area contributed by atoms with E-state index in [9.17, 15) is 0 Å². The summed E-state index contributed by atoms with van der Waals surface area (Å²) >= 11 is 0. The maximum Gasteiger partial charge on any atom is 0.0655 e. The van der Waals surface area contributed by atoms with Crippen LogP contribution in [0.5, 0.6) is 0 Å². The molecule has 1 fully saturated rings. The van der Waals surface area contributed by atoms with Crippen molar-refractivity contribution in [2.75, 3.05) is 6.61 Å². The van der Waals surface area contributed by atoms with Gasteiger partial charge >= 0.3 is 0 Å². The van der Waals surface area contributed by atoms with E-state index < -0.39 is 0 Å². The average molecular weight is 223 g/mol. The highest BCUT2D eigenvalue weighted by Gasteiger charge is 2.48. The Morgan fingerprint density at radius 1 is 1.62 bits per heavy atom. The SMILES string of the molecule is CCOC1CC(NCc2ccn[nH]2)C1(C)C. The number of H-pyrrole nitrogens is 1. The van der Waals surface area contributed by atoms with Crippen molar-refractivity contribution in [3.63, 3.8) is 0 Å². The zero-order chi connectivity index (χ0) is 11.6. The first-order chi connectivity index (χ1) is 7.64. The Bertz CT molecular complexity index is 321. The lowest BCUT2D eigenvalue weighted by Gasteiger charge is -2.51. The van der Waals surface area contributed by atoms with Crippen LogP contribution in [0.25, 0.3) is 0 Å². The summed E-state index contributed by atoms with van der Waals surface area (Å²) in [6.45, 7) is 8.25. The molecule has 0 radical (unpaired) electrons. The fraction of sp³-hybridized carbons (Fsp3) is 0.750. The van der Waals surface area contributed by atoms with Gasteiger partial charge in [0.05, 0.1) is 6.10 Å². The van der Waals surface area contributed by atoms with Gasteiger partial charge in [0, 0.05) is 36.5 Å². The number of rotatable bonds is 5. The summed E-state index contributed by atoms with van der Waals surface area (Å²) in [5.74, 6) is 0. The summed E-state index contributed by atoms with van der Waals surface area (Å²) in [4.78, 5) is 0. The molecule has 4 heteroatoms. The lowest BCUT2D eigenvalue weighted by Crippen LogP contribution is -2.60. The van der Waals surface area contributed by atoms with Crippen LogP contribution in [0.15, 0.2) is 12.3 Å². The zero-order valence-electron chi connectivity index (χ0n) is 10.3. The van der Waals surface area contributed by atoms with Crippen molar-refractivity contribution in [1.29, 1.82) is 0 Å². The van der Waals surface area contributed by atoms with Gasteiger partial charge in [-0.05, 0) is 19.4 Å². The molecule has 1 heterocycles. The summed E-state index contributed by atoms with van der Waals surface area (Å²) in [5.41, 5.74) is 1.37. The molecule has 1 aliphatic carbocycles. The Morgan fingerprint density at radius 2 is 2.44 bits per heavy atom. The molecule has 0 aliphatic heterocycles. The molecular formula is C12H21N3O. The first-order valence-corrected chi connectivity index (χ1v) is 5.97. The molecule has 2 atom stereocenters. The summed E-state index contributed by atoms with van der Waals surface area (Å²) in [7, 11) is 0. The Labute approximate surface area is 96.8 Å². The number of nitrogens with zero attached hydrogens (tertiary/aromatic N) is 1. The first-order valence-electron chi connectivity index (χ1n) is 5.97. The van der Waals surface area contributed by atoms with Crippen LogP contribution in [0.4, 0.5) is 0 Å². The van der Waals surface area contributed by atoms with Crippen molar-refractivity contribution in [3.05, 3.63) is 18.0 Å².